The minimum atomic E-state index is -0.599. The van der Waals surface area contributed by atoms with Crippen molar-refractivity contribution in [2.24, 2.45) is 4.99 Å². The molecule has 1 heterocycles. The smallest absolute Gasteiger partial charge is 0.496 e. The van der Waals surface area contributed by atoms with E-state index in [0.717, 1.165) is 11.9 Å². The van der Waals surface area contributed by atoms with E-state index >= 15 is 0 Å². The van der Waals surface area contributed by atoms with Crippen LogP contribution in [0.5, 0.6) is 0 Å². The van der Waals surface area contributed by atoms with Crippen LogP contribution < -0.4 is 0 Å². The van der Waals surface area contributed by atoms with Gasteiger partial charge < -0.3 is 14.0 Å². The van der Waals surface area contributed by atoms with E-state index in [9.17, 15) is 4.79 Å². The van der Waals surface area contributed by atoms with Crippen LogP contribution in [0, 0.1) is 0 Å². The summed E-state index contributed by atoms with van der Waals surface area (Å²) in [7, 11) is 2.65. The zero-order valence-electron chi connectivity index (χ0n) is 14.9. The summed E-state index contributed by atoms with van der Waals surface area (Å²) >= 11 is 0. The number of aldehydes is 1. The molecule has 0 N–H and O–H groups in total. The highest BCUT2D eigenvalue weighted by molar-refractivity contribution is 6.57. The average molecular weight is 317 g/mol. The molecule has 0 aromatic carbocycles. The number of hydrogen-bond donors (Lipinski definition) is 0. The fourth-order valence-electron chi connectivity index (χ4n) is 2.70. The number of ether oxygens (including phenoxy) is 1. The molecule has 0 aromatic heterocycles. The summed E-state index contributed by atoms with van der Waals surface area (Å²) in [5.41, 5.74) is 1.64. The van der Waals surface area contributed by atoms with Crippen molar-refractivity contribution in [2.45, 2.75) is 45.8 Å². The van der Waals surface area contributed by atoms with E-state index in [0.29, 0.717) is 22.5 Å². The molecule has 124 valence electrons. The van der Waals surface area contributed by atoms with Gasteiger partial charge in [-0.15, -0.1) is 0 Å². The summed E-state index contributed by atoms with van der Waals surface area (Å²) in [4.78, 5) is 15.7. The van der Waals surface area contributed by atoms with Crippen molar-refractivity contribution in [1.82, 2.24) is 0 Å². The van der Waals surface area contributed by atoms with Gasteiger partial charge in [0.1, 0.15) is 5.76 Å². The molecule has 0 atom stereocenters. The number of rotatable bonds is 3. The van der Waals surface area contributed by atoms with Crippen molar-refractivity contribution < 1.29 is 18.8 Å². The van der Waals surface area contributed by atoms with Gasteiger partial charge in [0.25, 0.3) is 0 Å². The van der Waals surface area contributed by atoms with Gasteiger partial charge in [-0.3, -0.25) is 9.79 Å². The van der Waals surface area contributed by atoms with Crippen LogP contribution in [0.25, 0.3) is 0 Å². The van der Waals surface area contributed by atoms with Gasteiger partial charge in [0, 0.05) is 23.7 Å². The summed E-state index contributed by atoms with van der Waals surface area (Å²) in [6, 6.07) is 0. The molecule has 2 aliphatic rings. The predicted molar refractivity (Wildman–Crippen MR) is 91.4 cm³/mol. The molecule has 0 radical (unpaired) electrons. The molecule has 1 aliphatic carbocycles. The van der Waals surface area contributed by atoms with E-state index in [4.69, 9.17) is 14.0 Å². The molecule has 1 fully saturated rings. The summed E-state index contributed by atoms with van der Waals surface area (Å²) in [6.45, 7) is 9.84. The van der Waals surface area contributed by atoms with Gasteiger partial charge in [-0.1, -0.05) is 6.08 Å². The van der Waals surface area contributed by atoms with Crippen molar-refractivity contribution in [3.05, 3.63) is 34.5 Å². The standard InChI is InChI=1S/C17H24BNO4/c1-8-12-14(19-6)11(10-20)9-13(15(12)21-7)18-22-16(2,3)17(4,5)23-18/h8-10H,1-7H3/b12-8+,19-14?. The molecular weight excluding hydrogens is 293 g/mol. The third kappa shape index (κ3) is 2.81. The molecule has 0 unspecified atom stereocenters. The maximum Gasteiger partial charge on any atom is 0.498 e. The molecule has 23 heavy (non-hydrogen) atoms. The number of methoxy groups -OCH3 is 1. The Kier molecular flexibility index (Phi) is 4.69. The first kappa shape index (κ1) is 17.7. The first-order valence-electron chi connectivity index (χ1n) is 7.67. The Morgan fingerprint density at radius 3 is 2.17 bits per heavy atom. The lowest BCUT2D eigenvalue weighted by atomic mass is 9.72. The molecule has 1 aliphatic heterocycles. The molecule has 2 rings (SSSR count). The van der Waals surface area contributed by atoms with Crippen LogP contribution >= 0.6 is 0 Å². The minimum Gasteiger partial charge on any atom is -0.496 e. The van der Waals surface area contributed by atoms with Gasteiger partial charge in [0.05, 0.1) is 24.0 Å². The quantitative estimate of drug-likeness (QED) is 0.593. The number of carbonyl (C=O) groups is 1. The van der Waals surface area contributed by atoms with Crippen molar-refractivity contribution in [1.29, 1.82) is 0 Å². The molecule has 0 saturated carbocycles. The first-order chi connectivity index (χ1) is 10.7. The van der Waals surface area contributed by atoms with E-state index in [1.54, 1.807) is 20.2 Å². The Morgan fingerprint density at radius 1 is 1.22 bits per heavy atom. The summed E-state index contributed by atoms with van der Waals surface area (Å²) in [6.07, 6.45) is 4.41. The van der Waals surface area contributed by atoms with Gasteiger partial charge in [-0.2, -0.15) is 0 Å². The summed E-state index contributed by atoms with van der Waals surface area (Å²) in [5.74, 6) is 0.622. The third-order valence-electron chi connectivity index (χ3n) is 4.70. The predicted octanol–water partition coefficient (Wildman–Crippen LogP) is 2.67. The number of nitrogens with zero attached hydrogens (tertiary/aromatic N) is 1. The maximum absolute atomic E-state index is 11.5. The van der Waals surface area contributed by atoms with E-state index in [2.05, 4.69) is 4.99 Å². The lowest BCUT2D eigenvalue weighted by molar-refractivity contribution is -0.104. The first-order valence-corrected chi connectivity index (χ1v) is 7.67. The summed E-state index contributed by atoms with van der Waals surface area (Å²) < 4.78 is 17.8. The number of allylic oxidation sites excluding steroid dienone is 5. The topological polar surface area (TPSA) is 57.1 Å². The van der Waals surface area contributed by atoms with Crippen molar-refractivity contribution in [3.8, 4) is 0 Å². The maximum atomic E-state index is 11.5. The van der Waals surface area contributed by atoms with Gasteiger partial charge in [0.2, 0.25) is 0 Å². The summed E-state index contributed by atoms with van der Waals surface area (Å²) in [5, 5.41) is 0. The highest BCUT2D eigenvalue weighted by Crippen LogP contribution is 2.41. The van der Waals surface area contributed by atoms with E-state index < -0.39 is 18.3 Å². The minimum absolute atomic E-state index is 0.464. The number of hydrogen-bond acceptors (Lipinski definition) is 5. The van der Waals surface area contributed by atoms with Crippen LogP contribution in [-0.2, 0) is 18.8 Å². The molecule has 0 amide bonds. The van der Waals surface area contributed by atoms with Gasteiger partial charge in [-0.25, -0.2) is 0 Å². The van der Waals surface area contributed by atoms with Crippen LogP contribution in [0.15, 0.2) is 39.5 Å². The fraction of sp³-hybridized carbons (Fsp3) is 0.529. The molecule has 6 heteroatoms. The van der Waals surface area contributed by atoms with Gasteiger partial charge in [-0.05, 0) is 40.7 Å². The highest BCUT2D eigenvalue weighted by atomic mass is 16.7. The van der Waals surface area contributed by atoms with E-state index in [1.807, 2.05) is 40.7 Å². The van der Waals surface area contributed by atoms with Crippen molar-refractivity contribution >= 4 is 19.1 Å². The average Bonchev–Trinajstić information content (AvgIpc) is 2.72. The third-order valence-corrected chi connectivity index (χ3v) is 4.70. The number of aliphatic imine (C=N–C) groups is 1. The molecule has 0 aromatic rings. The van der Waals surface area contributed by atoms with Crippen LogP contribution in [-0.4, -0.2) is 44.5 Å². The van der Waals surface area contributed by atoms with Gasteiger partial charge in [0.15, 0.2) is 6.29 Å². The lowest BCUT2D eigenvalue weighted by Gasteiger charge is -2.32. The zero-order chi connectivity index (χ0) is 17.4. The highest BCUT2D eigenvalue weighted by Gasteiger charge is 2.53. The van der Waals surface area contributed by atoms with Crippen LogP contribution in [0.1, 0.15) is 34.6 Å². The Labute approximate surface area is 138 Å². The van der Waals surface area contributed by atoms with Crippen LogP contribution in [0.3, 0.4) is 0 Å². The zero-order valence-corrected chi connectivity index (χ0v) is 14.9. The van der Waals surface area contributed by atoms with E-state index in [-0.39, 0.29) is 0 Å². The van der Waals surface area contributed by atoms with Crippen LogP contribution in [0.2, 0.25) is 0 Å². The molecule has 1 saturated heterocycles. The lowest BCUT2D eigenvalue weighted by Crippen LogP contribution is -2.41. The molecule has 0 bridgehead atoms. The normalized spacial score (nSPS) is 26.7. The molecule has 0 spiro atoms. The van der Waals surface area contributed by atoms with Crippen molar-refractivity contribution in [3.63, 3.8) is 0 Å². The molecular formula is C17H24BNO4. The van der Waals surface area contributed by atoms with Crippen molar-refractivity contribution in [2.75, 3.05) is 14.2 Å². The monoisotopic (exact) mass is 317 g/mol. The van der Waals surface area contributed by atoms with E-state index in [1.165, 1.54) is 0 Å². The Hall–Kier alpha value is -1.66. The second kappa shape index (κ2) is 6.09. The molecule has 5 nitrogen and oxygen atoms in total. The van der Waals surface area contributed by atoms with Crippen LogP contribution in [0.4, 0.5) is 0 Å². The van der Waals surface area contributed by atoms with Gasteiger partial charge >= 0.3 is 7.12 Å². The number of carbonyl (C=O) groups excluding carboxylic acids is 1. The second-order valence-corrected chi connectivity index (χ2v) is 6.57. The Morgan fingerprint density at radius 2 is 1.78 bits per heavy atom. The fourth-order valence-corrected chi connectivity index (χ4v) is 2.70. The largest absolute Gasteiger partial charge is 0.498 e. The Bertz CT molecular complexity index is 625. The SMILES string of the molecule is C/C=C1\C(=NC)C(C=O)=CC(B2OC(C)(C)C(C)(C)O2)=C1OC. The Balaban J connectivity index is 2.58. The second-order valence-electron chi connectivity index (χ2n) is 6.57.